The van der Waals surface area contributed by atoms with Gasteiger partial charge in [0.2, 0.25) is 11.9 Å². The zero-order valence-corrected chi connectivity index (χ0v) is 12.0. The Kier molecular flexibility index (Phi) is 5.97. The minimum Gasteiger partial charge on any atom is -0.368 e. The molecule has 0 spiro atoms. The molecule has 0 radical (unpaired) electrons. The van der Waals surface area contributed by atoms with Crippen LogP contribution < -0.4 is 11.1 Å². The molecular weight excluding hydrogens is 250 g/mol. The third-order valence-corrected chi connectivity index (χ3v) is 3.34. The molecule has 1 aromatic heterocycles. The fourth-order valence-electron chi connectivity index (χ4n) is 1.46. The van der Waals surface area contributed by atoms with Crippen LogP contribution in [0.4, 0.5) is 5.95 Å². The number of anilines is 1. The number of rotatable bonds is 7. The fraction of sp³-hybridized carbons (Fsp3) is 0.727. The highest BCUT2D eigenvalue weighted by Gasteiger charge is 2.14. The van der Waals surface area contributed by atoms with Crippen molar-refractivity contribution in [3.05, 3.63) is 0 Å². The molecule has 7 heteroatoms. The second kappa shape index (κ2) is 7.25. The first-order valence-electron chi connectivity index (χ1n) is 6.16. The van der Waals surface area contributed by atoms with Crippen molar-refractivity contribution < 1.29 is 4.79 Å². The maximum atomic E-state index is 11.6. The number of aromatic nitrogens is 3. The Hall–Kier alpha value is -1.24. The van der Waals surface area contributed by atoms with Gasteiger partial charge in [0.1, 0.15) is 0 Å². The summed E-state index contributed by atoms with van der Waals surface area (Å²) in [5.41, 5.74) is 5.72. The summed E-state index contributed by atoms with van der Waals surface area (Å²) < 4.78 is 1.82. The summed E-state index contributed by atoms with van der Waals surface area (Å²) in [6.07, 6.45) is 2.08. The summed E-state index contributed by atoms with van der Waals surface area (Å²) in [5, 5.41) is 11.4. The Morgan fingerprint density at radius 1 is 1.50 bits per heavy atom. The normalized spacial score (nSPS) is 10.9. The molecule has 0 aromatic carbocycles. The fourth-order valence-corrected chi connectivity index (χ4v) is 2.36. The largest absolute Gasteiger partial charge is 0.368 e. The number of nitrogens with two attached hydrogens (primary N) is 1. The zero-order valence-electron chi connectivity index (χ0n) is 11.1. The smallest absolute Gasteiger partial charge is 0.230 e. The van der Waals surface area contributed by atoms with Crippen molar-refractivity contribution in [1.82, 2.24) is 20.1 Å². The molecule has 18 heavy (non-hydrogen) atoms. The van der Waals surface area contributed by atoms with E-state index in [0.29, 0.717) is 16.9 Å². The van der Waals surface area contributed by atoms with Crippen LogP contribution in [0.1, 0.15) is 39.7 Å². The second-order valence-electron chi connectivity index (χ2n) is 4.30. The lowest BCUT2D eigenvalue weighted by atomic mass is 10.3. The van der Waals surface area contributed by atoms with E-state index in [1.165, 1.54) is 11.8 Å². The van der Waals surface area contributed by atoms with Gasteiger partial charge in [0, 0.05) is 12.6 Å². The predicted molar refractivity (Wildman–Crippen MR) is 73.5 cm³/mol. The average Bonchev–Trinajstić information content (AvgIpc) is 2.68. The van der Waals surface area contributed by atoms with E-state index in [-0.39, 0.29) is 11.9 Å². The average molecular weight is 271 g/mol. The molecule has 1 amide bonds. The van der Waals surface area contributed by atoms with Gasteiger partial charge in [-0.2, -0.15) is 0 Å². The summed E-state index contributed by atoms with van der Waals surface area (Å²) in [7, 11) is 0. The van der Waals surface area contributed by atoms with Gasteiger partial charge in [-0.05, 0) is 20.3 Å². The molecule has 0 unspecified atom stereocenters. The first-order valence-corrected chi connectivity index (χ1v) is 7.14. The molecule has 0 aliphatic carbocycles. The number of unbranched alkanes of at least 4 members (excludes halogenated alkanes) is 1. The van der Waals surface area contributed by atoms with Crippen molar-refractivity contribution in [1.29, 1.82) is 0 Å². The lowest BCUT2D eigenvalue weighted by molar-refractivity contribution is -0.118. The summed E-state index contributed by atoms with van der Waals surface area (Å²) in [4.78, 5) is 11.6. The number of carbonyl (C=O) groups excluding carboxylic acids is 1. The maximum absolute atomic E-state index is 11.6. The number of hydrogen-bond acceptors (Lipinski definition) is 5. The number of nitrogens with zero attached hydrogens (tertiary/aromatic N) is 3. The van der Waals surface area contributed by atoms with Gasteiger partial charge in [-0.3, -0.25) is 9.36 Å². The molecule has 1 heterocycles. The predicted octanol–water partition coefficient (Wildman–Crippen LogP) is 1.45. The zero-order chi connectivity index (χ0) is 13.5. The van der Waals surface area contributed by atoms with Crippen molar-refractivity contribution in [2.45, 2.75) is 44.8 Å². The van der Waals surface area contributed by atoms with Crippen LogP contribution >= 0.6 is 11.8 Å². The summed E-state index contributed by atoms with van der Waals surface area (Å²) in [5.74, 6) is 0.749. The Bertz CT molecular complexity index is 391. The van der Waals surface area contributed by atoms with Crippen LogP contribution in [0.5, 0.6) is 0 Å². The quantitative estimate of drug-likeness (QED) is 0.579. The van der Waals surface area contributed by atoms with E-state index in [9.17, 15) is 4.79 Å². The first-order chi connectivity index (χ1) is 8.56. The molecule has 6 nitrogen and oxygen atoms in total. The number of thioether (sulfide) groups is 1. The van der Waals surface area contributed by atoms with Crippen molar-refractivity contribution in [2.24, 2.45) is 0 Å². The van der Waals surface area contributed by atoms with Gasteiger partial charge in [0.15, 0.2) is 5.16 Å². The molecule has 0 fully saturated rings. The molecular formula is C11H21N5OS. The molecule has 0 saturated heterocycles. The number of nitrogen functional groups attached to an aromatic ring is 1. The molecule has 102 valence electrons. The summed E-state index contributed by atoms with van der Waals surface area (Å²) in [6, 6.07) is 0.186. The van der Waals surface area contributed by atoms with Gasteiger partial charge in [-0.15, -0.1) is 10.2 Å². The van der Waals surface area contributed by atoms with E-state index in [0.717, 1.165) is 19.4 Å². The summed E-state index contributed by atoms with van der Waals surface area (Å²) >= 11 is 1.36. The van der Waals surface area contributed by atoms with Crippen molar-refractivity contribution in [3.63, 3.8) is 0 Å². The van der Waals surface area contributed by atoms with Crippen LogP contribution in [0.2, 0.25) is 0 Å². The van der Waals surface area contributed by atoms with Gasteiger partial charge >= 0.3 is 0 Å². The molecule has 0 atom stereocenters. The Balaban J connectivity index is 2.46. The molecule has 0 aliphatic rings. The van der Waals surface area contributed by atoms with E-state index in [4.69, 9.17) is 5.73 Å². The van der Waals surface area contributed by atoms with Crippen molar-refractivity contribution in [3.8, 4) is 0 Å². The number of nitrogens with one attached hydrogen (secondary N) is 1. The first kappa shape index (κ1) is 14.8. The molecule has 0 bridgehead atoms. The van der Waals surface area contributed by atoms with E-state index in [1.807, 2.05) is 18.4 Å². The van der Waals surface area contributed by atoms with Crippen LogP contribution in [-0.4, -0.2) is 33.0 Å². The van der Waals surface area contributed by atoms with Gasteiger partial charge in [0.05, 0.1) is 5.75 Å². The third-order valence-electron chi connectivity index (χ3n) is 2.39. The minimum atomic E-state index is 0.0188. The topological polar surface area (TPSA) is 85.8 Å². The maximum Gasteiger partial charge on any atom is 0.230 e. The monoisotopic (exact) mass is 271 g/mol. The lowest BCUT2D eigenvalue weighted by Crippen LogP contribution is -2.26. The van der Waals surface area contributed by atoms with Crippen molar-refractivity contribution >= 4 is 23.6 Å². The van der Waals surface area contributed by atoms with Crippen molar-refractivity contribution in [2.75, 3.05) is 18.0 Å². The van der Waals surface area contributed by atoms with Gasteiger partial charge in [-0.25, -0.2) is 0 Å². The van der Waals surface area contributed by atoms with Crippen LogP contribution in [0.3, 0.4) is 0 Å². The molecule has 0 saturated carbocycles. The SMILES string of the molecule is CCCCNC(=O)CSc1nnc(N)n1C(C)C. The van der Waals surface area contributed by atoms with Crippen LogP contribution in [0.25, 0.3) is 0 Å². The van der Waals surface area contributed by atoms with Crippen LogP contribution in [0.15, 0.2) is 5.16 Å². The van der Waals surface area contributed by atoms with E-state index < -0.39 is 0 Å². The van der Waals surface area contributed by atoms with Gasteiger partial charge in [-0.1, -0.05) is 25.1 Å². The Morgan fingerprint density at radius 3 is 2.83 bits per heavy atom. The number of carbonyl (C=O) groups is 1. The van der Waals surface area contributed by atoms with E-state index in [2.05, 4.69) is 22.4 Å². The third kappa shape index (κ3) is 4.21. The van der Waals surface area contributed by atoms with Crippen LogP contribution in [-0.2, 0) is 4.79 Å². The minimum absolute atomic E-state index is 0.0188. The summed E-state index contributed by atoms with van der Waals surface area (Å²) in [6.45, 7) is 6.83. The Morgan fingerprint density at radius 2 is 2.22 bits per heavy atom. The lowest BCUT2D eigenvalue weighted by Gasteiger charge is -2.11. The molecule has 1 aromatic rings. The highest BCUT2D eigenvalue weighted by molar-refractivity contribution is 7.99. The van der Waals surface area contributed by atoms with E-state index in [1.54, 1.807) is 0 Å². The number of hydrogen-bond donors (Lipinski definition) is 2. The highest BCUT2D eigenvalue weighted by Crippen LogP contribution is 2.22. The number of amides is 1. The van der Waals surface area contributed by atoms with Crippen LogP contribution in [0, 0.1) is 0 Å². The Labute approximate surface area is 112 Å². The van der Waals surface area contributed by atoms with E-state index >= 15 is 0 Å². The molecule has 3 N–H and O–H groups in total. The molecule has 0 aliphatic heterocycles. The highest BCUT2D eigenvalue weighted by atomic mass is 32.2. The van der Waals surface area contributed by atoms with Gasteiger partial charge in [0.25, 0.3) is 0 Å². The molecule has 1 rings (SSSR count). The van der Waals surface area contributed by atoms with Gasteiger partial charge < -0.3 is 11.1 Å². The standard InChI is InChI=1S/C11H21N5OS/c1-4-5-6-13-9(17)7-18-11-15-14-10(12)16(11)8(2)3/h8H,4-7H2,1-3H3,(H2,12,14)(H,13,17). The second-order valence-corrected chi connectivity index (χ2v) is 5.24.